The van der Waals surface area contributed by atoms with Crippen LogP contribution >= 0.6 is 0 Å². The van der Waals surface area contributed by atoms with Crippen LogP contribution in [0.25, 0.3) is 0 Å². The Bertz CT molecular complexity index is 328. The Morgan fingerprint density at radius 1 is 1.47 bits per heavy atom. The van der Waals surface area contributed by atoms with Crippen molar-refractivity contribution in [2.75, 3.05) is 7.05 Å². The van der Waals surface area contributed by atoms with Gasteiger partial charge in [0, 0.05) is 0 Å². The number of hydrogen-bond donors (Lipinski definition) is 1. The van der Waals surface area contributed by atoms with E-state index in [4.69, 9.17) is 0 Å². The number of benzene rings is 1. The molecular weight excluding hydrogens is 200 g/mol. The highest BCUT2D eigenvalue weighted by atomic mass is 19.3. The third kappa shape index (κ3) is 3.32. The van der Waals surface area contributed by atoms with E-state index in [-0.39, 0.29) is 11.8 Å². The molecule has 0 aliphatic heterocycles. The first-order valence-corrected chi connectivity index (χ1v) is 4.52. The number of alkyl halides is 2. The van der Waals surface area contributed by atoms with Crippen molar-refractivity contribution in [3.05, 3.63) is 42.5 Å². The summed E-state index contributed by atoms with van der Waals surface area (Å²) in [5.74, 6) is 0.157. The predicted molar refractivity (Wildman–Crippen MR) is 55.1 cm³/mol. The summed E-state index contributed by atoms with van der Waals surface area (Å²) in [6.07, 6.45) is 1.70. The average Bonchev–Trinajstić information content (AvgIpc) is 2.19. The van der Waals surface area contributed by atoms with Crippen LogP contribution in [0.3, 0.4) is 0 Å². The first kappa shape index (κ1) is 11.7. The Balaban J connectivity index is 2.86. The molecule has 0 aliphatic rings. The van der Waals surface area contributed by atoms with Gasteiger partial charge in [-0.05, 0) is 24.7 Å². The Morgan fingerprint density at radius 3 is 2.73 bits per heavy atom. The summed E-state index contributed by atoms with van der Waals surface area (Å²) in [6, 6.07) is 6.48. The highest BCUT2D eigenvalue weighted by Crippen LogP contribution is 2.21. The van der Waals surface area contributed by atoms with Gasteiger partial charge in [0.05, 0.1) is 6.04 Å². The molecule has 0 bridgehead atoms. The van der Waals surface area contributed by atoms with Crippen LogP contribution in [0, 0.1) is 0 Å². The molecule has 1 rings (SSSR count). The quantitative estimate of drug-likeness (QED) is 0.759. The molecule has 0 heterocycles. The molecule has 0 spiro atoms. The second kappa shape index (κ2) is 5.46. The summed E-state index contributed by atoms with van der Waals surface area (Å²) >= 11 is 0. The normalized spacial score (nSPS) is 12.5. The molecule has 0 aliphatic carbocycles. The maximum absolute atomic E-state index is 12.0. The van der Waals surface area contributed by atoms with Gasteiger partial charge in [0.2, 0.25) is 0 Å². The molecule has 0 saturated heterocycles. The van der Waals surface area contributed by atoms with Crippen molar-refractivity contribution in [3.8, 4) is 5.75 Å². The minimum Gasteiger partial charge on any atom is -0.435 e. The predicted octanol–water partition coefficient (Wildman–Crippen LogP) is 2.73. The van der Waals surface area contributed by atoms with E-state index < -0.39 is 6.61 Å². The molecule has 1 unspecified atom stereocenters. The zero-order chi connectivity index (χ0) is 11.3. The SMILES string of the molecule is C=CC(NC)c1cccc(OC(F)F)c1. The van der Waals surface area contributed by atoms with Crippen LogP contribution in [0.4, 0.5) is 8.78 Å². The summed E-state index contributed by atoms with van der Waals surface area (Å²) in [5.41, 5.74) is 0.839. The average molecular weight is 213 g/mol. The molecule has 4 heteroatoms. The van der Waals surface area contributed by atoms with Gasteiger partial charge in [-0.3, -0.25) is 0 Å². The number of nitrogens with one attached hydrogen (secondary N) is 1. The summed E-state index contributed by atoms with van der Waals surface area (Å²) in [7, 11) is 1.77. The van der Waals surface area contributed by atoms with Gasteiger partial charge in [-0.25, -0.2) is 0 Å². The molecule has 2 nitrogen and oxygen atoms in total. The smallest absolute Gasteiger partial charge is 0.387 e. The van der Waals surface area contributed by atoms with Gasteiger partial charge in [0.25, 0.3) is 0 Å². The highest BCUT2D eigenvalue weighted by Gasteiger charge is 2.08. The van der Waals surface area contributed by atoms with Gasteiger partial charge in [-0.2, -0.15) is 8.78 Å². The molecular formula is C11H13F2NO. The van der Waals surface area contributed by atoms with Crippen molar-refractivity contribution < 1.29 is 13.5 Å². The summed E-state index contributed by atoms with van der Waals surface area (Å²) in [4.78, 5) is 0. The fraction of sp³-hybridized carbons (Fsp3) is 0.273. The minimum atomic E-state index is -2.79. The van der Waals surface area contributed by atoms with Crippen LogP contribution in [0.5, 0.6) is 5.75 Å². The maximum Gasteiger partial charge on any atom is 0.387 e. The minimum absolute atomic E-state index is 0.0637. The van der Waals surface area contributed by atoms with E-state index in [9.17, 15) is 8.78 Å². The molecule has 82 valence electrons. The topological polar surface area (TPSA) is 21.3 Å². The van der Waals surface area contributed by atoms with Gasteiger partial charge in [0.1, 0.15) is 5.75 Å². The van der Waals surface area contributed by atoms with E-state index in [1.807, 2.05) is 6.07 Å². The number of halogens is 2. The Labute approximate surface area is 87.6 Å². The second-order valence-electron chi connectivity index (χ2n) is 2.95. The second-order valence-corrected chi connectivity index (χ2v) is 2.95. The molecule has 0 aromatic heterocycles. The summed E-state index contributed by atoms with van der Waals surface area (Å²) in [5, 5.41) is 2.99. The van der Waals surface area contributed by atoms with E-state index in [2.05, 4.69) is 16.6 Å². The van der Waals surface area contributed by atoms with E-state index >= 15 is 0 Å². The van der Waals surface area contributed by atoms with Crippen molar-refractivity contribution in [1.82, 2.24) is 5.32 Å². The third-order valence-corrected chi connectivity index (χ3v) is 1.99. The van der Waals surface area contributed by atoms with Crippen molar-refractivity contribution in [2.24, 2.45) is 0 Å². The lowest BCUT2D eigenvalue weighted by molar-refractivity contribution is -0.0498. The van der Waals surface area contributed by atoms with Crippen LogP contribution in [-0.4, -0.2) is 13.7 Å². The lowest BCUT2D eigenvalue weighted by Gasteiger charge is -2.13. The fourth-order valence-electron chi connectivity index (χ4n) is 1.30. The zero-order valence-corrected chi connectivity index (χ0v) is 8.41. The van der Waals surface area contributed by atoms with Gasteiger partial charge in [0.15, 0.2) is 0 Å². The molecule has 0 radical (unpaired) electrons. The first-order chi connectivity index (χ1) is 7.17. The van der Waals surface area contributed by atoms with Gasteiger partial charge in [-0.1, -0.05) is 18.2 Å². The molecule has 0 fully saturated rings. The monoisotopic (exact) mass is 213 g/mol. The van der Waals surface area contributed by atoms with Crippen molar-refractivity contribution >= 4 is 0 Å². The van der Waals surface area contributed by atoms with Crippen LogP contribution in [-0.2, 0) is 0 Å². The van der Waals surface area contributed by atoms with Crippen molar-refractivity contribution in [2.45, 2.75) is 12.7 Å². The van der Waals surface area contributed by atoms with Gasteiger partial charge >= 0.3 is 6.61 Å². The first-order valence-electron chi connectivity index (χ1n) is 4.52. The van der Waals surface area contributed by atoms with Gasteiger partial charge < -0.3 is 10.1 Å². The molecule has 0 saturated carbocycles. The molecule has 0 amide bonds. The van der Waals surface area contributed by atoms with Gasteiger partial charge in [-0.15, -0.1) is 6.58 Å². The van der Waals surface area contributed by atoms with E-state index in [0.29, 0.717) is 0 Å². The lowest BCUT2D eigenvalue weighted by Crippen LogP contribution is -2.13. The number of hydrogen-bond acceptors (Lipinski definition) is 2. The van der Waals surface area contributed by atoms with Crippen LogP contribution in [0.2, 0.25) is 0 Å². The van der Waals surface area contributed by atoms with Crippen LogP contribution in [0.1, 0.15) is 11.6 Å². The summed E-state index contributed by atoms with van der Waals surface area (Å²) in [6.45, 7) is 0.853. The van der Waals surface area contributed by atoms with Crippen molar-refractivity contribution in [1.29, 1.82) is 0 Å². The van der Waals surface area contributed by atoms with Crippen LogP contribution < -0.4 is 10.1 Å². The molecule has 1 aromatic rings. The Hall–Kier alpha value is -1.42. The van der Waals surface area contributed by atoms with E-state index in [1.165, 1.54) is 6.07 Å². The summed E-state index contributed by atoms with van der Waals surface area (Å²) < 4.78 is 28.2. The van der Waals surface area contributed by atoms with E-state index in [1.54, 1.807) is 25.3 Å². The number of ether oxygens (including phenoxy) is 1. The lowest BCUT2D eigenvalue weighted by atomic mass is 10.1. The maximum atomic E-state index is 12.0. The molecule has 15 heavy (non-hydrogen) atoms. The van der Waals surface area contributed by atoms with E-state index in [0.717, 1.165) is 5.56 Å². The van der Waals surface area contributed by atoms with Crippen molar-refractivity contribution in [3.63, 3.8) is 0 Å². The molecule has 1 N–H and O–H groups in total. The standard InChI is InChI=1S/C11H13F2NO/c1-3-10(14-2)8-5-4-6-9(7-8)15-11(12)13/h3-7,10-11,14H,1H2,2H3. The molecule has 1 aromatic carbocycles. The Kier molecular flexibility index (Phi) is 4.24. The zero-order valence-electron chi connectivity index (χ0n) is 8.41. The Morgan fingerprint density at radius 2 is 2.20 bits per heavy atom. The number of rotatable bonds is 5. The third-order valence-electron chi connectivity index (χ3n) is 1.99. The van der Waals surface area contributed by atoms with Crippen LogP contribution in [0.15, 0.2) is 36.9 Å². The fourth-order valence-corrected chi connectivity index (χ4v) is 1.30. The molecule has 1 atom stereocenters. The number of likely N-dealkylation sites (N-methyl/N-ethyl adjacent to an activating group) is 1. The highest BCUT2D eigenvalue weighted by molar-refractivity contribution is 5.32. The largest absolute Gasteiger partial charge is 0.435 e.